The Balaban J connectivity index is 2.56. The highest BCUT2D eigenvalue weighted by molar-refractivity contribution is 5.51. The second kappa shape index (κ2) is 4.34. The van der Waals surface area contributed by atoms with E-state index in [1.807, 2.05) is 12.1 Å². The summed E-state index contributed by atoms with van der Waals surface area (Å²) in [6.07, 6.45) is 1.16. The van der Waals surface area contributed by atoms with Gasteiger partial charge in [0.15, 0.2) is 0 Å². The predicted octanol–water partition coefficient (Wildman–Crippen LogP) is 2.73. The first-order chi connectivity index (χ1) is 7.67. The molecule has 16 heavy (non-hydrogen) atoms. The van der Waals surface area contributed by atoms with Crippen molar-refractivity contribution in [3.63, 3.8) is 0 Å². The minimum atomic E-state index is 0.0591. The summed E-state index contributed by atoms with van der Waals surface area (Å²) < 4.78 is 16.6. The van der Waals surface area contributed by atoms with Crippen LogP contribution in [0.15, 0.2) is 12.1 Å². The summed E-state index contributed by atoms with van der Waals surface area (Å²) in [7, 11) is 3.39. The van der Waals surface area contributed by atoms with Gasteiger partial charge < -0.3 is 14.2 Å². The SMILES string of the molecule is COc1ccc(OC)c2c1C[C@H](C)O[C@H]2C. The third kappa shape index (κ3) is 1.76. The Morgan fingerprint density at radius 1 is 1.12 bits per heavy atom. The van der Waals surface area contributed by atoms with Crippen molar-refractivity contribution in [3.05, 3.63) is 23.3 Å². The van der Waals surface area contributed by atoms with Crippen molar-refractivity contribution in [1.29, 1.82) is 0 Å². The van der Waals surface area contributed by atoms with Crippen molar-refractivity contribution in [2.75, 3.05) is 14.2 Å². The van der Waals surface area contributed by atoms with Crippen LogP contribution in [0.1, 0.15) is 31.1 Å². The average Bonchev–Trinajstić information content (AvgIpc) is 2.27. The van der Waals surface area contributed by atoms with Crippen LogP contribution in [0, 0.1) is 0 Å². The molecule has 0 bridgehead atoms. The fourth-order valence-electron chi connectivity index (χ4n) is 2.40. The first-order valence-electron chi connectivity index (χ1n) is 5.56. The fourth-order valence-corrected chi connectivity index (χ4v) is 2.40. The Labute approximate surface area is 96.3 Å². The molecule has 3 heteroatoms. The number of benzene rings is 1. The highest BCUT2D eigenvalue weighted by atomic mass is 16.5. The van der Waals surface area contributed by atoms with E-state index in [4.69, 9.17) is 14.2 Å². The van der Waals surface area contributed by atoms with Crippen molar-refractivity contribution >= 4 is 0 Å². The molecule has 0 fully saturated rings. The molecule has 0 radical (unpaired) electrons. The Kier molecular flexibility index (Phi) is 3.06. The molecule has 2 atom stereocenters. The van der Waals surface area contributed by atoms with Crippen LogP contribution in [0.2, 0.25) is 0 Å². The van der Waals surface area contributed by atoms with Crippen molar-refractivity contribution in [1.82, 2.24) is 0 Å². The zero-order valence-electron chi connectivity index (χ0n) is 10.2. The lowest BCUT2D eigenvalue weighted by molar-refractivity contribution is -0.00668. The average molecular weight is 222 g/mol. The van der Waals surface area contributed by atoms with E-state index < -0.39 is 0 Å². The number of methoxy groups -OCH3 is 2. The van der Waals surface area contributed by atoms with Crippen LogP contribution in [0.4, 0.5) is 0 Å². The summed E-state index contributed by atoms with van der Waals surface area (Å²) in [5, 5.41) is 0. The van der Waals surface area contributed by atoms with Crippen LogP contribution in [0.25, 0.3) is 0 Å². The van der Waals surface area contributed by atoms with Gasteiger partial charge in [0, 0.05) is 17.5 Å². The Hall–Kier alpha value is -1.22. The molecule has 3 nitrogen and oxygen atoms in total. The zero-order chi connectivity index (χ0) is 11.7. The molecule has 0 unspecified atom stereocenters. The van der Waals surface area contributed by atoms with Crippen molar-refractivity contribution in [2.45, 2.75) is 32.5 Å². The lowest BCUT2D eigenvalue weighted by Crippen LogP contribution is -2.23. The predicted molar refractivity (Wildman–Crippen MR) is 62.2 cm³/mol. The van der Waals surface area contributed by atoms with E-state index in [9.17, 15) is 0 Å². The van der Waals surface area contributed by atoms with Crippen LogP contribution in [0.5, 0.6) is 11.5 Å². The molecule has 0 N–H and O–H groups in total. The van der Waals surface area contributed by atoms with E-state index >= 15 is 0 Å². The standard InChI is InChI=1S/C13H18O3/c1-8-7-10-11(14-3)5-6-12(15-4)13(10)9(2)16-8/h5-6,8-9H,7H2,1-4H3/t8-,9-/m0/s1. The van der Waals surface area contributed by atoms with E-state index in [0.29, 0.717) is 0 Å². The molecular formula is C13H18O3. The second-order valence-corrected chi connectivity index (χ2v) is 4.16. The summed E-state index contributed by atoms with van der Waals surface area (Å²) in [5.74, 6) is 1.81. The molecule has 1 aliphatic rings. The summed E-state index contributed by atoms with van der Waals surface area (Å²) in [6, 6.07) is 3.90. The van der Waals surface area contributed by atoms with Gasteiger partial charge in [-0.25, -0.2) is 0 Å². The van der Waals surface area contributed by atoms with E-state index in [1.165, 1.54) is 5.56 Å². The highest BCUT2D eigenvalue weighted by Gasteiger charge is 2.27. The van der Waals surface area contributed by atoms with Crippen LogP contribution in [-0.4, -0.2) is 20.3 Å². The molecule has 1 aromatic rings. The van der Waals surface area contributed by atoms with Crippen LogP contribution in [0.3, 0.4) is 0 Å². The first kappa shape index (κ1) is 11.3. The maximum atomic E-state index is 5.82. The molecule has 1 heterocycles. The summed E-state index contributed by atoms with van der Waals surface area (Å²) in [5.41, 5.74) is 2.34. The molecule has 1 aromatic carbocycles. The number of hydrogen-bond donors (Lipinski definition) is 0. The van der Waals surface area contributed by atoms with Crippen molar-refractivity contribution in [3.8, 4) is 11.5 Å². The number of fused-ring (bicyclic) bond motifs is 1. The molecular weight excluding hydrogens is 204 g/mol. The van der Waals surface area contributed by atoms with Crippen molar-refractivity contribution < 1.29 is 14.2 Å². The quantitative estimate of drug-likeness (QED) is 0.770. The maximum Gasteiger partial charge on any atom is 0.125 e. The molecule has 0 spiro atoms. The molecule has 0 aliphatic carbocycles. The zero-order valence-corrected chi connectivity index (χ0v) is 10.2. The molecule has 88 valence electrons. The lowest BCUT2D eigenvalue weighted by atomic mass is 9.93. The minimum Gasteiger partial charge on any atom is -0.496 e. The van der Waals surface area contributed by atoms with Gasteiger partial charge in [0.25, 0.3) is 0 Å². The fraction of sp³-hybridized carbons (Fsp3) is 0.538. The van der Waals surface area contributed by atoms with Gasteiger partial charge in [-0.15, -0.1) is 0 Å². The van der Waals surface area contributed by atoms with Gasteiger partial charge in [0.1, 0.15) is 11.5 Å². The topological polar surface area (TPSA) is 27.7 Å². The van der Waals surface area contributed by atoms with Gasteiger partial charge in [-0.2, -0.15) is 0 Å². The summed E-state index contributed by atoms with van der Waals surface area (Å²) in [4.78, 5) is 0. The Morgan fingerprint density at radius 3 is 2.38 bits per heavy atom. The second-order valence-electron chi connectivity index (χ2n) is 4.16. The summed E-state index contributed by atoms with van der Waals surface area (Å²) in [6.45, 7) is 4.13. The van der Waals surface area contributed by atoms with E-state index in [1.54, 1.807) is 14.2 Å². The smallest absolute Gasteiger partial charge is 0.125 e. The maximum absolute atomic E-state index is 5.82. The number of hydrogen-bond acceptors (Lipinski definition) is 3. The van der Waals surface area contributed by atoms with Crippen LogP contribution in [-0.2, 0) is 11.2 Å². The Bertz CT molecular complexity index is 387. The van der Waals surface area contributed by atoms with E-state index in [-0.39, 0.29) is 12.2 Å². The number of ether oxygens (including phenoxy) is 3. The van der Waals surface area contributed by atoms with E-state index in [0.717, 1.165) is 23.5 Å². The van der Waals surface area contributed by atoms with E-state index in [2.05, 4.69) is 13.8 Å². The van der Waals surface area contributed by atoms with Gasteiger partial charge >= 0.3 is 0 Å². The van der Waals surface area contributed by atoms with Gasteiger partial charge in [-0.1, -0.05) is 0 Å². The number of rotatable bonds is 2. The minimum absolute atomic E-state index is 0.0591. The van der Waals surface area contributed by atoms with Crippen LogP contribution < -0.4 is 9.47 Å². The largest absolute Gasteiger partial charge is 0.496 e. The molecule has 0 saturated heterocycles. The third-order valence-electron chi connectivity index (χ3n) is 3.05. The molecule has 1 aliphatic heterocycles. The van der Waals surface area contributed by atoms with Gasteiger partial charge in [0.05, 0.1) is 26.4 Å². The van der Waals surface area contributed by atoms with Crippen molar-refractivity contribution in [2.24, 2.45) is 0 Å². The highest BCUT2D eigenvalue weighted by Crippen LogP contribution is 2.41. The molecule has 2 rings (SSSR count). The monoisotopic (exact) mass is 222 g/mol. The summed E-state index contributed by atoms with van der Waals surface area (Å²) >= 11 is 0. The van der Waals surface area contributed by atoms with Gasteiger partial charge in [-0.05, 0) is 26.0 Å². The van der Waals surface area contributed by atoms with Gasteiger partial charge in [-0.3, -0.25) is 0 Å². The molecule has 0 amide bonds. The normalized spacial score (nSPS) is 23.8. The molecule has 0 saturated carbocycles. The lowest BCUT2D eigenvalue weighted by Gasteiger charge is -2.30. The van der Waals surface area contributed by atoms with Gasteiger partial charge in [0.2, 0.25) is 0 Å². The van der Waals surface area contributed by atoms with Crippen LogP contribution >= 0.6 is 0 Å². The molecule has 0 aromatic heterocycles. The first-order valence-corrected chi connectivity index (χ1v) is 5.56. The third-order valence-corrected chi connectivity index (χ3v) is 3.05. The Morgan fingerprint density at radius 2 is 1.75 bits per heavy atom.